The van der Waals surface area contributed by atoms with Crippen LogP contribution in [0.4, 0.5) is 11.4 Å². The molecule has 1 aliphatic rings. The summed E-state index contributed by atoms with van der Waals surface area (Å²) in [7, 11) is 2.19. The first-order valence-electron chi connectivity index (χ1n) is 13.4. The van der Waals surface area contributed by atoms with E-state index in [1.807, 2.05) is 18.6 Å². The fraction of sp³-hybridized carbons (Fsp3) is 0.300. The highest BCUT2D eigenvalue weighted by molar-refractivity contribution is 6.00. The number of pyridine rings is 2. The minimum absolute atomic E-state index is 0.692. The average Bonchev–Trinajstić information content (AvgIpc) is 3.56. The van der Waals surface area contributed by atoms with E-state index in [9.17, 15) is 0 Å². The molecule has 8 heteroatoms. The van der Waals surface area contributed by atoms with Crippen LogP contribution in [0, 0.1) is 0 Å². The van der Waals surface area contributed by atoms with Crippen molar-refractivity contribution >= 4 is 33.3 Å². The number of nitrogens with one attached hydrogen (secondary N) is 3. The van der Waals surface area contributed by atoms with Gasteiger partial charge in [0, 0.05) is 77.4 Å². The molecule has 1 saturated heterocycles. The highest BCUT2D eigenvalue weighted by Crippen LogP contribution is 2.34. The summed E-state index contributed by atoms with van der Waals surface area (Å²) in [4.78, 5) is 17.6. The van der Waals surface area contributed by atoms with Crippen LogP contribution in [-0.4, -0.2) is 63.3 Å². The molecular formula is C30H34N8. The zero-order chi connectivity index (χ0) is 26.1. The molecule has 1 aromatic carbocycles. The molecule has 3 N–H and O–H groups in total. The largest absolute Gasteiger partial charge is 0.368 e. The summed E-state index contributed by atoms with van der Waals surface area (Å²) in [5, 5.41) is 13.3. The van der Waals surface area contributed by atoms with Crippen molar-refractivity contribution in [1.29, 1.82) is 0 Å². The summed E-state index contributed by atoms with van der Waals surface area (Å²) in [5.41, 5.74) is 8.95. The monoisotopic (exact) mass is 506 g/mol. The molecule has 1 aliphatic heterocycles. The minimum Gasteiger partial charge on any atom is -0.368 e. The van der Waals surface area contributed by atoms with Gasteiger partial charge in [-0.2, -0.15) is 5.10 Å². The van der Waals surface area contributed by atoms with Gasteiger partial charge in [-0.25, -0.2) is 4.98 Å². The number of hydrogen-bond donors (Lipinski definition) is 3. The van der Waals surface area contributed by atoms with Crippen LogP contribution in [-0.2, 0) is 0 Å². The number of allylic oxidation sites excluding steroid dienone is 1. The molecule has 0 spiro atoms. The quantitative estimate of drug-likeness (QED) is 0.238. The lowest BCUT2D eigenvalue weighted by Crippen LogP contribution is -2.44. The predicted octanol–water partition coefficient (Wildman–Crippen LogP) is 6.04. The predicted molar refractivity (Wildman–Crippen MR) is 156 cm³/mol. The van der Waals surface area contributed by atoms with Crippen LogP contribution in [0.2, 0.25) is 0 Å². The van der Waals surface area contributed by atoms with E-state index < -0.39 is 0 Å². The van der Waals surface area contributed by atoms with Gasteiger partial charge in [0.2, 0.25) is 0 Å². The molecule has 0 aliphatic carbocycles. The van der Waals surface area contributed by atoms with E-state index in [-0.39, 0.29) is 0 Å². The van der Waals surface area contributed by atoms with Gasteiger partial charge in [0.15, 0.2) is 5.65 Å². The molecule has 0 amide bonds. The molecule has 4 aromatic heterocycles. The van der Waals surface area contributed by atoms with Gasteiger partial charge < -0.3 is 20.1 Å². The number of aromatic amines is 2. The van der Waals surface area contributed by atoms with E-state index in [1.165, 1.54) is 11.1 Å². The smallest absolute Gasteiger partial charge is 0.181 e. The summed E-state index contributed by atoms with van der Waals surface area (Å²) in [5.74, 6) is 0. The number of benzene rings is 1. The van der Waals surface area contributed by atoms with Crippen LogP contribution >= 0.6 is 0 Å². The Morgan fingerprint density at radius 3 is 2.71 bits per heavy atom. The molecule has 38 heavy (non-hydrogen) atoms. The van der Waals surface area contributed by atoms with Gasteiger partial charge in [-0.05, 0) is 50.2 Å². The third-order valence-corrected chi connectivity index (χ3v) is 7.39. The van der Waals surface area contributed by atoms with E-state index in [4.69, 9.17) is 0 Å². The Kier molecular flexibility index (Phi) is 6.55. The fourth-order valence-electron chi connectivity index (χ4n) is 5.18. The summed E-state index contributed by atoms with van der Waals surface area (Å²) >= 11 is 0. The Hall–Kier alpha value is -4.17. The van der Waals surface area contributed by atoms with Gasteiger partial charge in [0.1, 0.15) is 0 Å². The SMILES string of the molecule is C=C(CCCC)Nc1cncc(-c2cnc3n[nH]c(-c4cc5c(N6CCN(C)CC6)cccc5[nH]4)c3c2)c1. The van der Waals surface area contributed by atoms with Crippen molar-refractivity contribution in [2.75, 3.05) is 43.4 Å². The summed E-state index contributed by atoms with van der Waals surface area (Å²) in [6.45, 7) is 10.6. The molecule has 5 aromatic rings. The molecule has 0 saturated carbocycles. The number of piperazine rings is 1. The van der Waals surface area contributed by atoms with Gasteiger partial charge in [-0.15, -0.1) is 0 Å². The normalized spacial score (nSPS) is 14.4. The van der Waals surface area contributed by atoms with Crippen molar-refractivity contribution < 1.29 is 0 Å². The molecule has 0 bridgehead atoms. The molecule has 5 heterocycles. The first kappa shape index (κ1) is 24.2. The highest BCUT2D eigenvalue weighted by atomic mass is 15.2. The van der Waals surface area contributed by atoms with Crippen molar-refractivity contribution in [3.8, 4) is 22.5 Å². The maximum absolute atomic E-state index is 4.65. The van der Waals surface area contributed by atoms with E-state index in [1.54, 1.807) is 0 Å². The van der Waals surface area contributed by atoms with E-state index in [0.29, 0.717) is 5.65 Å². The standard InChI is InChI=1S/C30H34N8/c1-4-5-7-20(2)33-23-14-21(17-31-19-23)22-15-25-29(35-36-30(25)32-18-22)27-16-24-26(34-27)8-6-9-28(24)38-12-10-37(3)11-13-38/h6,8-9,14-19,33-34H,2,4-5,7,10-13H2,1,3H3,(H,32,35,36). The highest BCUT2D eigenvalue weighted by Gasteiger charge is 2.19. The van der Waals surface area contributed by atoms with Crippen LogP contribution in [0.3, 0.4) is 0 Å². The summed E-state index contributed by atoms with van der Waals surface area (Å²) < 4.78 is 0. The Balaban J connectivity index is 1.33. The van der Waals surface area contributed by atoms with Crippen LogP contribution in [0.25, 0.3) is 44.5 Å². The van der Waals surface area contributed by atoms with Crippen LogP contribution < -0.4 is 10.2 Å². The molecule has 1 fully saturated rings. The van der Waals surface area contributed by atoms with Crippen molar-refractivity contribution in [1.82, 2.24) is 30.0 Å². The topological polar surface area (TPSA) is 88.8 Å². The number of nitrogens with zero attached hydrogens (tertiary/aromatic N) is 5. The average molecular weight is 507 g/mol. The van der Waals surface area contributed by atoms with Crippen molar-refractivity contribution in [3.05, 3.63) is 67.3 Å². The van der Waals surface area contributed by atoms with Gasteiger partial charge in [0.05, 0.1) is 23.3 Å². The molecule has 0 unspecified atom stereocenters. The van der Waals surface area contributed by atoms with Crippen molar-refractivity contribution in [3.63, 3.8) is 0 Å². The summed E-state index contributed by atoms with van der Waals surface area (Å²) in [6.07, 6.45) is 8.77. The lowest BCUT2D eigenvalue weighted by Gasteiger charge is -2.34. The first-order chi connectivity index (χ1) is 18.6. The second-order valence-corrected chi connectivity index (χ2v) is 10.2. The number of hydrogen-bond acceptors (Lipinski definition) is 6. The van der Waals surface area contributed by atoms with Gasteiger partial charge >= 0.3 is 0 Å². The zero-order valence-corrected chi connectivity index (χ0v) is 22.1. The number of anilines is 2. The molecular weight excluding hydrogens is 472 g/mol. The minimum atomic E-state index is 0.692. The second kappa shape index (κ2) is 10.3. The zero-order valence-electron chi connectivity index (χ0n) is 22.1. The maximum Gasteiger partial charge on any atom is 0.181 e. The second-order valence-electron chi connectivity index (χ2n) is 10.2. The number of fused-ring (bicyclic) bond motifs is 2. The lowest BCUT2D eigenvalue weighted by molar-refractivity contribution is 0.313. The molecule has 8 nitrogen and oxygen atoms in total. The van der Waals surface area contributed by atoms with E-state index in [0.717, 1.165) is 90.2 Å². The number of aromatic nitrogens is 5. The van der Waals surface area contributed by atoms with Crippen LogP contribution in [0.5, 0.6) is 0 Å². The number of rotatable bonds is 8. The third-order valence-electron chi connectivity index (χ3n) is 7.39. The molecule has 6 rings (SSSR count). The number of likely N-dealkylation sites (N-methyl/N-ethyl adjacent to an activating group) is 1. The first-order valence-corrected chi connectivity index (χ1v) is 13.4. The fourth-order valence-corrected chi connectivity index (χ4v) is 5.18. The van der Waals surface area contributed by atoms with Crippen molar-refractivity contribution in [2.24, 2.45) is 0 Å². The van der Waals surface area contributed by atoms with E-state index in [2.05, 4.69) is 97.2 Å². The molecule has 0 radical (unpaired) electrons. The Bertz CT molecular complexity index is 1590. The molecule has 194 valence electrons. The third kappa shape index (κ3) is 4.75. The van der Waals surface area contributed by atoms with Crippen molar-refractivity contribution in [2.45, 2.75) is 26.2 Å². The van der Waals surface area contributed by atoms with Gasteiger partial charge in [-0.1, -0.05) is 26.0 Å². The lowest BCUT2D eigenvalue weighted by atomic mass is 10.1. The Morgan fingerprint density at radius 1 is 1.03 bits per heavy atom. The van der Waals surface area contributed by atoms with Gasteiger partial charge in [-0.3, -0.25) is 10.1 Å². The number of H-pyrrole nitrogens is 2. The Morgan fingerprint density at radius 2 is 1.87 bits per heavy atom. The Labute approximate surface area is 222 Å². The van der Waals surface area contributed by atoms with Crippen LogP contribution in [0.15, 0.2) is 67.3 Å². The summed E-state index contributed by atoms with van der Waals surface area (Å²) in [6, 6.07) is 13.0. The number of unbranched alkanes of at least 4 members (excludes halogenated alkanes) is 1. The molecule has 0 atom stereocenters. The van der Waals surface area contributed by atoms with Crippen LogP contribution in [0.1, 0.15) is 26.2 Å². The van der Waals surface area contributed by atoms with E-state index >= 15 is 0 Å². The van der Waals surface area contributed by atoms with Gasteiger partial charge in [0.25, 0.3) is 0 Å². The maximum atomic E-state index is 4.65.